The van der Waals surface area contributed by atoms with Gasteiger partial charge < -0.3 is 5.11 Å². The molecule has 1 saturated heterocycles. The van der Waals surface area contributed by atoms with E-state index in [1.54, 1.807) is 0 Å². The summed E-state index contributed by atoms with van der Waals surface area (Å²) in [6.07, 6.45) is 2.19. The molecule has 3 aliphatic rings. The average molecular weight is 209 g/mol. The third-order valence-electron chi connectivity index (χ3n) is 5.18. The average Bonchev–Trinajstić information content (AvgIpc) is 2.78. The van der Waals surface area contributed by atoms with Crippen molar-refractivity contribution in [2.24, 2.45) is 23.2 Å². The molecule has 0 spiro atoms. The third-order valence-corrected chi connectivity index (χ3v) is 5.18. The molecule has 3 rings (SSSR count). The van der Waals surface area contributed by atoms with Gasteiger partial charge in [-0.25, -0.2) is 0 Å². The number of hydrogen-bond acceptors (Lipinski definition) is 2. The minimum Gasteiger partial charge on any atom is -0.481 e. The van der Waals surface area contributed by atoms with Crippen LogP contribution in [0.25, 0.3) is 0 Å². The van der Waals surface area contributed by atoms with Crippen LogP contribution in [-0.2, 0) is 4.79 Å². The molecule has 1 aliphatic heterocycles. The fraction of sp³-hybridized carbons (Fsp3) is 0.917. The van der Waals surface area contributed by atoms with Crippen molar-refractivity contribution in [1.29, 1.82) is 0 Å². The number of carbonyl (C=O) groups is 1. The number of hydrogen-bond donors (Lipinski definition) is 1. The zero-order valence-corrected chi connectivity index (χ0v) is 9.44. The summed E-state index contributed by atoms with van der Waals surface area (Å²) in [7, 11) is 0. The van der Waals surface area contributed by atoms with Gasteiger partial charge in [-0.3, -0.25) is 9.69 Å². The van der Waals surface area contributed by atoms with Crippen LogP contribution >= 0.6 is 0 Å². The first-order valence-corrected chi connectivity index (χ1v) is 6.02. The number of fused-ring (bicyclic) bond motifs is 1. The van der Waals surface area contributed by atoms with Crippen LogP contribution in [-0.4, -0.2) is 35.1 Å². The SMILES string of the molecule is CC1CC(N2CC3CC3(C(=O)O)C2)C1C. The Labute approximate surface area is 90.5 Å². The summed E-state index contributed by atoms with van der Waals surface area (Å²) in [6, 6.07) is 0.670. The summed E-state index contributed by atoms with van der Waals surface area (Å²) in [6.45, 7) is 6.45. The van der Waals surface area contributed by atoms with Crippen LogP contribution in [0.3, 0.4) is 0 Å². The van der Waals surface area contributed by atoms with Gasteiger partial charge in [0.05, 0.1) is 5.41 Å². The van der Waals surface area contributed by atoms with Gasteiger partial charge in [-0.1, -0.05) is 13.8 Å². The van der Waals surface area contributed by atoms with Crippen molar-refractivity contribution in [1.82, 2.24) is 4.90 Å². The monoisotopic (exact) mass is 209 g/mol. The van der Waals surface area contributed by atoms with Gasteiger partial charge in [-0.2, -0.15) is 0 Å². The summed E-state index contributed by atoms with van der Waals surface area (Å²) in [5.74, 6) is 1.48. The number of carboxylic acids is 1. The highest BCUT2D eigenvalue weighted by molar-refractivity contribution is 5.79. The highest BCUT2D eigenvalue weighted by atomic mass is 16.4. The van der Waals surface area contributed by atoms with Crippen molar-refractivity contribution in [2.75, 3.05) is 13.1 Å². The lowest BCUT2D eigenvalue weighted by molar-refractivity contribution is -0.143. The fourth-order valence-corrected chi connectivity index (χ4v) is 3.58. The van der Waals surface area contributed by atoms with Crippen LogP contribution in [0.15, 0.2) is 0 Å². The summed E-state index contributed by atoms with van der Waals surface area (Å²) in [4.78, 5) is 13.6. The largest absolute Gasteiger partial charge is 0.481 e. The second-order valence-electron chi connectivity index (χ2n) is 5.93. The Kier molecular flexibility index (Phi) is 1.77. The van der Waals surface area contributed by atoms with Gasteiger partial charge in [0, 0.05) is 19.1 Å². The van der Waals surface area contributed by atoms with Gasteiger partial charge in [0.25, 0.3) is 0 Å². The van der Waals surface area contributed by atoms with Crippen LogP contribution in [0, 0.1) is 23.2 Å². The second kappa shape index (κ2) is 2.76. The normalized spacial score (nSPS) is 53.5. The molecular weight excluding hydrogens is 190 g/mol. The number of likely N-dealkylation sites (tertiary alicyclic amines) is 1. The van der Waals surface area contributed by atoms with Crippen molar-refractivity contribution >= 4 is 5.97 Å². The Hall–Kier alpha value is -0.570. The first kappa shape index (κ1) is 9.64. The molecule has 0 aromatic heterocycles. The summed E-state index contributed by atoms with van der Waals surface area (Å²) < 4.78 is 0. The fourth-order valence-electron chi connectivity index (χ4n) is 3.58. The standard InChI is InChI=1S/C12H19NO2/c1-7-3-10(8(7)2)13-5-9-4-12(9,6-13)11(14)15/h7-10H,3-6H2,1-2H3,(H,14,15). The lowest BCUT2D eigenvalue weighted by Crippen LogP contribution is -2.51. The summed E-state index contributed by atoms with van der Waals surface area (Å²) >= 11 is 0. The molecule has 3 heteroatoms. The number of rotatable bonds is 2. The van der Waals surface area contributed by atoms with Gasteiger partial charge in [-0.15, -0.1) is 0 Å². The first-order valence-electron chi connectivity index (χ1n) is 6.02. The van der Waals surface area contributed by atoms with E-state index in [9.17, 15) is 9.90 Å². The molecule has 3 fully saturated rings. The lowest BCUT2D eigenvalue weighted by atomic mass is 9.70. The second-order valence-corrected chi connectivity index (χ2v) is 5.93. The number of aliphatic carboxylic acids is 1. The van der Waals surface area contributed by atoms with Crippen molar-refractivity contribution in [3.8, 4) is 0 Å². The number of carboxylic acid groups (broad SMARTS) is 1. The molecule has 0 radical (unpaired) electrons. The van der Waals surface area contributed by atoms with E-state index in [-0.39, 0.29) is 5.41 Å². The van der Waals surface area contributed by atoms with Crippen LogP contribution in [0.2, 0.25) is 0 Å². The van der Waals surface area contributed by atoms with Crippen LogP contribution < -0.4 is 0 Å². The van der Waals surface area contributed by atoms with Gasteiger partial charge in [0.2, 0.25) is 0 Å². The van der Waals surface area contributed by atoms with E-state index in [0.29, 0.717) is 12.0 Å². The van der Waals surface area contributed by atoms with E-state index in [1.807, 2.05) is 0 Å². The van der Waals surface area contributed by atoms with E-state index in [0.717, 1.165) is 31.3 Å². The highest BCUT2D eigenvalue weighted by Gasteiger charge is 2.66. The third kappa shape index (κ3) is 1.13. The van der Waals surface area contributed by atoms with E-state index in [1.165, 1.54) is 6.42 Å². The molecule has 0 aromatic rings. The number of piperidine rings is 1. The quantitative estimate of drug-likeness (QED) is 0.748. The number of nitrogens with zero attached hydrogens (tertiary/aromatic N) is 1. The minimum absolute atomic E-state index is 0.335. The summed E-state index contributed by atoms with van der Waals surface area (Å²) in [5, 5.41) is 9.20. The van der Waals surface area contributed by atoms with Crippen LogP contribution in [0.4, 0.5) is 0 Å². The van der Waals surface area contributed by atoms with Crippen molar-refractivity contribution in [2.45, 2.75) is 32.7 Å². The van der Waals surface area contributed by atoms with E-state index < -0.39 is 5.97 Å². The predicted molar refractivity (Wildman–Crippen MR) is 56.5 cm³/mol. The van der Waals surface area contributed by atoms with Gasteiger partial charge in [-0.05, 0) is 30.6 Å². The Morgan fingerprint density at radius 2 is 2.20 bits per heavy atom. The van der Waals surface area contributed by atoms with Crippen molar-refractivity contribution in [3.05, 3.63) is 0 Å². The lowest BCUT2D eigenvalue weighted by Gasteiger charge is -2.47. The molecule has 84 valence electrons. The Balaban J connectivity index is 1.66. The van der Waals surface area contributed by atoms with E-state index >= 15 is 0 Å². The Bertz CT molecular complexity index is 317. The first-order chi connectivity index (χ1) is 7.04. The molecule has 0 amide bonds. The molecule has 2 saturated carbocycles. The molecule has 2 aliphatic carbocycles. The van der Waals surface area contributed by atoms with Gasteiger partial charge >= 0.3 is 5.97 Å². The molecule has 5 unspecified atom stereocenters. The smallest absolute Gasteiger partial charge is 0.311 e. The molecular formula is C12H19NO2. The minimum atomic E-state index is -0.560. The van der Waals surface area contributed by atoms with Crippen LogP contribution in [0.1, 0.15) is 26.7 Å². The molecule has 5 atom stereocenters. The van der Waals surface area contributed by atoms with E-state index in [4.69, 9.17) is 0 Å². The molecule has 1 N–H and O–H groups in total. The summed E-state index contributed by atoms with van der Waals surface area (Å²) in [5.41, 5.74) is -0.335. The molecule has 1 heterocycles. The maximum absolute atomic E-state index is 11.2. The maximum atomic E-state index is 11.2. The zero-order valence-electron chi connectivity index (χ0n) is 9.44. The van der Waals surface area contributed by atoms with E-state index in [2.05, 4.69) is 18.7 Å². The molecule has 15 heavy (non-hydrogen) atoms. The van der Waals surface area contributed by atoms with Gasteiger partial charge in [0.15, 0.2) is 0 Å². The molecule has 0 bridgehead atoms. The highest BCUT2D eigenvalue weighted by Crippen LogP contribution is 2.59. The topological polar surface area (TPSA) is 40.5 Å². The van der Waals surface area contributed by atoms with Gasteiger partial charge in [0.1, 0.15) is 0 Å². The predicted octanol–water partition coefficient (Wildman–Crippen LogP) is 1.44. The van der Waals surface area contributed by atoms with Crippen molar-refractivity contribution < 1.29 is 9.90 Å². The van der Waals surface area contributed by atoms with Crippen LogP contribution in [0.5, 0.6) is 0 Å². The Morgan fingerprint density at radius 3 is 2.67 bits per heavy atom. The Morgan fingerprint density at radius 1 is 1.47 bits per heavy atom. The maximum Gasteiger partial charge on any atom is 0.311 e. The zero-order chi connectivity index (χ0) is 10.8. The molecule has 3 nitrogen and oxygen atoms in total. The molecule has 0 aromatic carbocycles. The van der Waals surface area contributed by atoms with Crippen molar-refractivity contribution in [3.63, 3.8) is 0 Å².